The molecule has 3 aromatic rings. The minimum atomic E-state index is -4.59. The van der Waals surface area contributed by atoms with E-state index >= 15 is 0 Å². The molecular weight excluding hydrogens is 447 g/mol. The summed E-state index contributed by atoms with van der Waals surface area (Å²) in [7, 11) is -3.58. The van der Waals surface area contributed by atoms with Crippen LogP contribution in [-0.2, 0) is 29.2 Å². The van der Waals surface area contributed by atoms with Gasteiger partial charge >= 0.3 is 6.18 Å². The van der Waals surface area contributed by atoms with Gasteiger partial charge in [-0.05, 0) is 29.7 Å². The highest BCUT2D eigenvalue weighted by Crippen LogP contribution is 2.38. The quantitative estimate of drug-likeness (QED) is 0.627. The summed E-state index contributed by atoms with van der Waals surface area (Å²) < 4.78 is 65.8. The van der Waals surface area contributed by atoms with E-state index in [1.165, 1.54) is 6.07 Å². The Labute approximate surface area is 182 Å². The van der Waals surface area contributed by atoms with E-state index < -0.39 is 34.4 Å². The standard InChI is InChI=1S/C20H22F3N5O3S/c1-11(2)17-18-25-13-8-12(10-29)15(32(3,30)31)9-14(13)27(18)6-7-28(17)19-24-5-4-16(26-19)20(21,22)23/h4-5,8-9,11,17,29H,6-7,10H2,1-3H3. The lowest BCUT2D eigenvalue weighted by Gasteiger charge is -2.38. The fourth-order valence-electron chi connectivity index (χ4n) is 4.16. The second-order valence-corrected chi connectivity index (χ2v) is 10.1. The van der Waals surface area contributed by atoms with Crippen LogP contribution in [0.3, 0.4) is 0 Å². The molecule has 1 unspecified atom stereocenters. The molecule has 0 amide bonds. The van der Waals surface area contributed by atoms with Gasteiger partial charge in [0.05, 0.1) is 28.6 Å². The molecule has 1 aliphatic rings. The number of hydrogen-bond donors (Lipinski definition) is 1. The van der Waals surface area contributed by atoms with Gasteiger partial charge in [0.2, 0.25) is 5.95 Å². The molecule has 2 aromatic heterocycles. The van der Waals surface area contributed by atoms with Crippen LogP contribution in [0.25, 0.3) is 11.0 Å². The first-order valence-corrected chi connectivity index (χ1v) is 11.8. The number of fused-ring (bicyclic) bond motifs is 3. The minimum absolute atomic E-state index is 0.0277. The molecule has 172 valence electrons. The van der Waals surface area contributed by atoms with Gasteiger partial charge in [-0.2, -0.15) is 13.2 Å². The smallest absolute Gasteiger partial charge is 0.392 e. The third kappa shape index (κ3) is 3.81. The average molecular weight is 469 g/mol. The largest absolute Gasteiger partial charge is 0.433 e. The van der Waals surface area contributed by atoms with Crippen LogP contribution < -0.4 is 4.90 Å². The highest BCUT2D eigenvalue weighted by Gasteiger charge is 2.37. The van der Waals surface area contributed by atoms with E-state index in [2.05, 4.69) is 15.0 Å². The number of halogens is 3. The molecule has 1 atom stereocenters. The molecule has 0 fully saturated rings. The maximum Gasteiger partial charge on any atom is 0.433 e. The van der Waals surface area contributed by atoms with Crippen molar-refractivity contribution in [3.8, 4) is 0 Å². The number of hydrogen-bond acceptors (Lipinski definition) is 7. The van der Waals surface area contributed by atoms with E-state index in [0.29, 0.717) is 29.9 Å². The number of aliphatic hydroxyl groups excluding tert-OH is 1. The number of sulfone groups is 1. The molecule has 12 heteroatoms. The molecule has 0 bridgehead atoms. The molecule has 0 radical (unpaired) electrons. The number of rotatable bonds is 4. The second-order valence-electron chi connectivity index (χ2n) is 8.12. The molecule has 1 aliphatic heterocycles. The minimum Gasteiger partial charge on any atom is -0.392 e. The molecule has 1 aromatic carbocycles. The Balaban J connectivity index is 1.87. The fraction of sp³-hybridized carbons (Fsp3) is 0.450. The maximum absolute atomic E-state index is 13.2. The SMILES string of the molecule is CC(C)C1c2nc3cc(CO)c(S(C)(=O)=O)cc3n2CCN1c1nccc(C(F)(F)F)n1. The summed E-state index contributed by atoms with van der Waals surface area (Å²) in [5, 5.41) is 9.65. The van der Waals surface area contributed by atoms with E-state index in [9.17, 15) is 26.7 Å². The zero-order valence-electron chi connectivity index (χ0n) is 17.6. The predicted octanol–water partition coefficient (Wildman–Crippen LogP) is 2.96. The van der Waals surface area contributed by atoms with Crippen LogP contribution in [0.5, 0.6) is 0 Å². The van der Waals surface area contributed by atoms with E-state index in [-0.39, 0.29) is 22.3 Å². The Hall–Kier alpha value is -2.73. The molecule has 32 heavy (non-hydrogen) atoms. The first kappa shape index (κ1) is 22.5. The molecule has 0 aliphatic carbocycles. The third-order valence-electron chi connectivity index (χ3n) is 5.52. The van der Waals surface area contributed by atoms with Gasteiger partial charge in [-0.25, -0.2) is 23.4 Å². The molecule has 0 spiro atoms. The van der Waals surface area contributed by atoms with Crippen molar-refractivity contribution in [2.75, 3.05) is 17.7 Å². The summed E-state index contributed by atoms with van der Waals surface area (Å²) in [5.74, 6) is 0.484. The van der Waals surface area contributed by atoms with Crippen LogP contribution in [-0.4, -0.2) is 45.8 Å². The first-order valence-electron chi connectivity index (χ1n) is 9.92. The lowest BCUT2D eigenvalue weighted by atomic mass is 10.00. The van der Waals surface area contributed by atoms with E-state index in [1.807, 2.05) is 18.4 Å². The monoisotopic (exact) mass is 469 g/mol. The Morgan fingerprint density at radius 3 is 2.53 bits per heavy atom. The second kappa shape index (κ2) is 7.69. The number of benzene rings is 1. The molecule has 0 saturated heterocycles. The average Bonchev–Trinajstić information content (AvgIpc) is 3.08. The van der Waals surface area contributed by atoms with Gasteiger partial charge in [0.25, 0.3) is 0 Å². The maximum atomic E-state index is 13.2. The van der Waals surface area contributed by atoms with Crippen LogP contribution in [0.4, 0.5) is 19.1 Å². The zero-order chi connectivity index (χ0) is 23.4. The number of anilines is 1. The van der Waals surface area contributed by atoms with Gasteiger partial charge in [0.1, 0.15) is 11.5 Å². The molecule has 1 N–H and O–H groups in total. The van der Waals surface area contributed by atoms with Gasteiger partial charge in [0.15, 0.2) is 9.84 Å². The number of nitrogens with zero attached hydrogens (tertiary/aromatic N) is 5. The molecule has 3 heterocycles. The molecule has 0 saturated carbocycles. The van der Waals surface area contributed by atoms with Crippen molar-refractivity contribution in [2.24, 2.45) is 5.92 Å². The van der Waals surface area contributed by atoms with Gasteiger partial charge in [0, 0.05) is 25.5 Å². The van der Waals surface area contributed by atoms with Crippen LogP contribution >= 0.6 is 0 Å². The molecular formula is C20H22F3N5O3S. The van der Waals surface area contributed by atoms with Gasteiger partial charge < -0.3 is 14.6 Å². The van der Waals surface area contributed by atoms with Crippen LogP contribution in [0, 0.1) is 5.92 Å². The van der Waals surface area contributed by atoms with E-state index in [0.717, 1.165) is 18.5 Å². The van der Waals surface area contributed by atoms with Crippen LogP contribution in [0.2, 0.25) is 0 Å². The number of aromatic nitrogens is 4. The van der Waals surface area contributed by atoms with E-state index in [1.54, 1.807) is 11.0 Å². The van der Waals surface area contributed by atoms with Crippen molar-refractivity contribution >= 4 is 26.8 Å². The summed E-state index contributed by atoms with van der Waals surface area (Å²) in [5.41, 5.74) is 0.325. The Kier molecular flexibility index (Phi) is 5.40. The summed E-state index contributed by atoms with van der Waals surface area (Å²) in [6, 6.07) is 3.44. The topological polar surface area (TPSA) is 101 Å². The first-order chi connectivity index (χ1) is 14.9. The highest BCUT2D eigenvalue weighted by molar-refractivity contribution is 7.90. The Bertz CT molecular complexity index is 1290. The predicted molar refractivity (Wildman–Crippen MR) is 111 cm³/mol. The Morgan fingerprint density at radius 2 is 1.94 bits per heavy atom. The summed E-state index contributed by atoms with van der Waals surface area (Å²) >= 11 is 0. The van der Waals surface area contributed by atoms with Crippen LogP contribution in [0.1, 0.15) is 37.0 Å². The number of aliphatic hydroxyl groups is 1. The van der Waals surface area contributed by atoms with Crippen molar-refractivity contribution in [3.63, 3.8) is 0 Å². The van der Waals surface area contributed by atoms with Crippen LogP contribution in [0.15, 0.2) is 29.3 Å². The van der Waals surface area contributed by atoms with Crippen molar-refractivity contribution in [1.82, 2.24) is 19.5 Å². The summed E-state index contributed by atoms with van der Waals surface area (Å²) in [6.07, 6.45) is -2.42. The van der Waals surface area contributed by atoms with E-state index in [4.69, 9.17) is 0 Å². The summed E-state index contributed by atoms with van der Waals surface area (Å²) in [6.45, 7) is 4.05. The Morgan fingerprint density at radius 1 is 1.22 bits per heavy atom. The van der Waals surface area contributed by atoms with Gasteiger partial charge in [-0.15, -0.1) is 0 Å². The van der Waals surface area contributed by atoms with Crippen molar-refractivity contribution in [2.45, 2.75) is 44.1 Å². The van der Waals surface area contributed by atoms with Gasteiger partial charge in [-0.3, -0.25) is 0 Å². The van der Waals surface area contributed by atoms with Gasteiger partial charge in [-0.1, -0.05) is 13.8 Å². The molecule has 8 nitrogen and oxygen atoms in total. The highest BCUT2D eigenvalue weighted by atomic mass is 32.2. The van der Waals surface area contributed by atoms with Crippen molar-refractivity contribution < 1.29 is 26.7 Å². The fourth-order valence-corrected chi connectivity index (χ4v) is 5.08. The third-order valence-corrected chi connectivity index (χ3v) is 6.70. The van der Waals surface area contributed by atoms with Crippen molar-refractivity contribution in [3.05, 3.63) is 41.5 Å². The number of alkyl halides is 3. The normalized spacial score (nSPS) is 17.2. The van der Waals surface area contributed by atoms with Crippen molar-refractivity contribution in [1.29, 1.82) is 0 Å². The lowest BCUT2D eigenvalue weighted by molar-refractivity contribution is -0.141. The molecule has 4 rings (SSSR count). The summed E-state index contributed by atoms with van der Waals surface area (Å²) in [4.78, 5) is 14.2. The number of imidazole rings is 1. The zero-order valence-corrected chi connectivity index (χ0v) is 18.4. The lowest BCUT2D eigenvalue weighted by Crippen LogP contribution is -2.42.